The number of Topliss-reactive ketones (excluding diaryl/α,β-unsaturated/α-hetero) is 2. The molecule has 0 amide bonds. The van der Waals surface area contributed by atoms with Crippen LogP contribution >= 0.6 is 11.8 Å². The zero-order chi connectivity index (χ0) is 19.7. The first-order valence-corrected chi connectivity index (χ1v) is 9.96. The number of methoxy groups -OCH3 is 1. The van der Waals surface area contributed by atoms with E-state index in [0.717, 1.165) is 20.9 Å². The summed E-state index contributed by atoms with van der Waals surface area (Å²) in [5.41, 5.74) is 2.55. The Hall–Kier alpha value is -2.85. The number of fused-ring (bicyclic) bond motifs is 2. The summed E-state index contributed by atoms with van der Waals surface area (Å²) in [5.74, 6) is -0.782. The van der Waals surface area contributed by atoms with E-state index in [1.165, 1.54) is 6.92 Å². The average Bonchev–Trinajstić information content (AvgIpc) is 2.73. The van der Waals surface area contributed by atoms with E-state index in [1.807, 2.05) is 36.4 Å². The van der Waals surface area contributed by atoms with Crippen molar-refractivity contribution < 1.29 is 14.3 Å². The van der Waals surface area contributed by atoms with Crippen LogP contribution in [0, 0.1) is 5.92 Å². The number of carbonyl (C=O) groups is 2. The van der Waals surface area contributed by atoms with Crippen molar-refractivity contribution in [2.24, 2.45) is 5.92 Å². The first-order chi connectivity index (χ1) is 13.6. The van der Waals surface area contributed by atoms with E-state index in [2.05, 4.69) is 12.1 Å². The number of ether oxygens (including phenoxy) is 1. The van der Waals surface area contributed by atoms with Gasteiger partial charge in [0.2, 0.25) is 0 Å². The second-order valence-electron chi connectivity index (χ2n) is 6.84. The SMILES string of the molecule is COc1cccc(C(=O)[C@@H](C(C)=O)C2c3ccccc3Sc3ccccc32)c1. The van der Waals surface area contributed by atoms with E-state index in [4.69, 9.17) is 4.74 Å². The lowest BCUT2D eigenvalue weighted by Crippen LogP contribution is -2.31. The second kappa shape index (κ2) is 7.64. The van der Waals surface area contributed by atoms with Gasteiger partial charge >= 0.3 is 0 Å². The molecule has 1 aliphatic heterocycles. The number of benzene rings is 3. The maximum Gasteiger partial charge on any atom is 0.174 e. The van der Waals surface area contributed by atoms with Gasteiger partial charge in [-0.1, -0.05) is 60.3 Å². The highest BCUT2D eigenvalue weighted by Gasteiger charge is 2.39. The fourth-order valence-electron chi connectivity index (χ4n) is 3.83. The number of carbonyl (C=O) groups excluding carboxylic acids is 2. The van der Waals surface area contributed by atoms with Crippen LogP contribution in [-0.4, -0.2) is 18.7 Å². The summed E-state index contributed by atoms with van der Waals surface area (Å²) >= 11 is 1.69. The Morgan fingerprint density at radius 3 is 2.07 bits per heavy atom. The molecule has 1 heterocycles. The van der Waals surface area contributed by atoms with Gasteiger partial charge < -0.3 is 4.74 Å². The summed E-state index contributed by atoms with van der Waals surface area (Å²) in [6.07, 6.45) is 0. The highest BCUT2D eigenvalue weighted by atomic mass is 32.2. The molecule has 4 heteroatoms. The zero-order valence-corrected chi connectivity index (χ0v) is 16.5. The monoisotopic (exact) mass is 388 g/mol. The quantitative estimate of drug-likeness (QED) is 0.435. The fourth-order valence-corrected chi connectivity index (χ4v) is 4.99. The van der Waals surface area contributed by atoms with Crippen LogP contribution in [0.5, 0.6) is 5.75 Å². The van der Waals surface area contributed by atoms with Crippen molar-refractivity contribution >= 4 is 23.3 Å². The lowest BCUT2D eigenvalue weighted by molar-refractivity contribution is -0.119. The van der Waals surface area contributed by atoms with Gasteiger partial charge in [-0.2, -0.15) is 0 Å². The highest BCUT2D eigenvalue weighted by molar-refractivity contribution is 7.99. The van der Waals surface area contributed by atoms with Gasteiger partial charge in [0.1, 0.15) is 11.5 Å². The average molecular weight is 388 g/mol. The van der Waals surface area contributed by atoms with Crippen molar-refractivity contribution in [3.05, 3.63) is 89.5 Å². The zero-order valence-electron chi connectivity index (χ0n) is 15.7. The summed E-state index contributed by atoms with van der Waals surface area (Å²) in [7, 11) is 1.57. The number of rotatable bonds is 5. The summed E-state index contributed by atoms with van der Waals surface area (Å²) in [5, 5.41) is 0. The van der Waals surface area contributed by atoms with Gasteiger partial charge in [-0.25, -0.2) is 0 Å². The molecule has 1 aliphatic rings. The van der Waals surface area contributed by atoms with Gasteiger partial charge in [0.15, 0.2) is 5.78 Å². The van der Waals surface area contributed by atoms with Crippen molar-refractivity contribution in [3.8, 4) is 5.75 Å². The van der Waals surface area contributed by atoms with Crippen LogP contribution in [0.4, 0.5) is 0 Å². The highest BCUT2D eigenvalue weighted by Crippen LogP contribution is 2.49. The number of hydrogen-bond donors (Lipinski definition) is 0. The molecule has 1 atom stereocenters. The van der Waals surface area contributed by atoms with Crippen LogP contribution in [0.2, 0.25) is 0 Å². The molecule has 0 saturated carbocycles. The normalized spacial score (nSPS) is 13.9. The van der Waals surface area contributed by atoms with Gasteiger partial charge in [-0.15, -0.1) is 0 Å². The Balaban J connectivity index is 1.86. The lowest BCUT2D eigenvalue weighted by Gasteiger charge is -2.32. The molecule has 3 nitrogen and oxygen atoms in total. The van der Waals surface area contributed by atoms with Crippen LogP contribution in [0.3, 0.4) is 0 Å². The molecule has 3 aromatic rings. The summed E-state index contributed by atoms with van der Waals surface area (Å²) in [4.78, 5) is 28.5. The third kappa shape index (κ3) is 3.25. The fraction of sp³-hybridized carbons (Fsp3) is 0.167. The minimum absolute atomic E-state index is 0.130. The van der Waals surface area contributed by atoms with Crippen LogP contribution in [-0.2, 0) is 4.79 Å². The maximum atomic E-state index is 13.5. The van der Waals surface area contributed by atoms with Crippen LogP contribution < -0.4 is 4.74 Å². The Kier molecular flexibility index (Phi) is 5.05. The van der Waals surface area contributed by atoms with Gasteiger partial charge in [0.25, 0.3) is 0 Å². The lowest BCUT2D eigenvalue weighted by atomic mass is 9.75. The Morgan fingerprint density at radius 1 is 0.893 bits per heavy atom. The molecule has 0 spiro atoms. The predicted octanol–water partition coefficient (Wildman–Crippen LogP) is 5.38. The molecular formula is C24H20O3S. The molecule has 3 aromatic carbocycles. The molecule has 0 saturated heterocycles. The molecule has 0 fully saturated rings. The van der Waals surface area contributed by atoms with E-state index < -0.39 is 5.92 Å². The second-order valence-corrected chi connectivity index (χ2v) is 7.92. The van der Waals surface area contributed by atoms with Crippen molar-refractivity contribution in [2.75, 3.05) is 7.11 Å². The third-order valence-corrected chi connectivity index (χ3v) is 6.32. The van der Waals surface area contributed by atoms with Crippen molar-refractivity contribution in [2.45, 2.75) is 22.6 Å². The molecule has 0 bridgehead atoms. The molecule has 0 N–H and O–H groups in total. The van der Waals surface area contributed by atoms with Crippen LogP contribution in [0.1, 0.15) is 34.3 Å². The van der Waals surface area contributed by atoms with E-state index in [-0.39, 0.29) is 17.5 Å². The van der Waals surface area contributed by atoms with Crippen LogP contribution in [0.15, 0.2) is 82.6 Å². The standard InChI is InChI=1S/C24H20O3S/c1-15(25)22(24(26)16-8-7-9-17(14-16)27-2)23-18-10-3-5-12-20(18)28-21-13-6-4-11-19(21)23/h3-14,22-23H,1-2H3/t22-/m0/s1. The largest absolute Gasteiger partial charge is 0.497 e. The van der Waals surface area contributed by atoms with E-state index in [0.29, 0.717) is 11.3 Å². The topological polar surface area (TPSA) is 43.4 Å². The van der Waals surface area contributed by atoms with Crippen molar-refractivity contribution in [1.82, 2.24) is 0 Å². The van der Waals surface area contributed by atoms with Gasteiger partial charge in [0, 0.05) is 21.3 Å². The van der Waals surface area contributed by atoms with Crippen LogP contribution in [0.25, 0.3) is 0 Å². The molecule has 0 aliphatic carbocycles. The molecule has 4 rings (SSSR count). The van der Waals surface area contributed by atoms with Gasteiger partial charge in [0.05, 0.1) is 13.0 Å². The van der Waals surface area contributed by atoms with Crippen molar-refractivity contribution in [3.63, 3.8) is 0 Å². The minimum atomic E-state index is -0.782. The number of hydrogen-bond acceptors (Lipinski definition) is 4. The Labute approximate surface area is 168 Å². The summed E-state index contributed by atoms with van der Waals surface area (Å²) in [6, 6.07) is 23.1. The first kappa shape index (κ1) is 18.5. The maximum absolute atomic E-state index is 13.5. The Bertz CT molecular complexity index is 1010. The molecule has 0 unspecified atom stereocenters. The van der Waals surface area contributed by atoms with Gasteiger partial charge in [-0.05, 0) is 42.3 Å². The van der Waals surface area contributed by atoms with Crippen molar-refractivity contribution in [1.29, 1.82) is 0 Å². The predicted molar refractivity (Wildman–Crippen MR) is 110 cm³/mol. The Morgan fingerprint density at radius 2 is 1.50 bits per heavy atom. The van der Waals surface area contributed by atoms with Gasteiger partial charge in [-0.3, -0.25) is 9.59 Å². The molecule has 28 heavy (non-hydrogen) atoms. The van der Waals surface area contributed by atoms with E-state index >= 15 is 0 Å². The minimum Gasteiger partial charge on any atom is -0.497 e. The molecule has 0 radical (unpaired) electrons. The first-order valence-electron chi connectivity index (χ1n) is 9.14. The van der Waals surface area contributed by atoms with E-state index in [9.17, 15) is 9.59 Å². The molecule has 0 aromatic heterocycles. The smallest absolute Gasteiger partial charge is 0.174 e. The number of ketones is 2. The van der Waals surface area contributed by atoms with E-state index in [1.54, 1.807) is 43.1 Å². The molecular weight excluding hydrogens is 368 g/mol. The summed E-state index contributed by atoms with van der Waals surface area (Å²) < 4.78 is 5.26. The molecule has 140 valence electrons. The third-order valence-electron chi connectivity index (χ3n) is 5.14. The summed E-state index contributed by atoms with van der Waals surface area (Å²) in [6.45, 7) is 1.51.